The number of hydrogen-bond donors (Lipinski definition) is 2. The minimum Gasteiger partial charge on any atom is -0.480 e. The minimum atomic E-state index is -0.890. The second kappa shape index (κ2) is 9.37. The zero-order valence-corrected chi connectivity index (χ0v) is 18.7. The third-order valence-electron chi connectivity index (χ3n) is 6.64. The van der Waals surface area contributed by atoms with Crippen LogP contribution in [0.4, 0.5) is 0 Å². The van der Waals surface area contributed by atoms with Crippen molar-refractivity contribution in [3.63, 3.8) is 0 Å². The number of aliphatic carboxylic acids is 1. The molecule has 1 aromatic heterocycles. The summed E-state index contributed by atoms with van der Waals surface area (Å²) < 4.78 is 0. The van der Waals surface area contributed by atoms with Crippen LogP contribution in [-0.2, 0) is 4.79 Å². The van der Waals surface area contributed by atoms with Crippen LogP contribution in [0, 0.1) is 11.8 Å². The van der Waals surface area contributed by atoms with E-state index in [1.54, 1.807) is 0 Å². The molecule has 2 aliphatic rings. The summed E-state index contributed by atoms with van der Waals surface area (Å²) in [5.74, 6) is -0.573. The normalized spacial score (nSPS) is 22.5. The maximum absolute atomic E-state index is 12.1. The molecule has 0 radical (unpaired) electrons. The first-order chi connectivity index (χ1) is 14.9. The highest BCUT2D eigenvalue weighted by Crippen LogP contribution is 2.43. The Labute approximate surface area is 187 Å². The predicted molar refractivity (Wildman–Crippen MR) is 123 cm³/mol. The van der Waals surface area contributed by atoms with Gasteiger partial charge in [0.15, 0.2) is 0 Å². The van der Waals surface area contributed by atoms with Gasteiger partial charge in [-0.05, 0) is 53.9 Å². The summed E-state index contributed by atoms with van der Waals surface area (Å²) in [5.41, 5.74) is 4.26. The Morgan fingerprint density at radius 2 is 1.81 bits per heavy atom. The van der Waals surface area contributed by atoms with Crippen molar-refractivity contribution in [3.8, 4) is 10.4 Å². The van der Waals surface area contributed by atoms with Crippen molar-refractivity contribution in [2.24, 2.45) is 11.8 Å². The van der Waals surface area contributed by atoms with E-state index < -0.39 is 11.9 Å². The molecule has 1 aromatic carbocycles. The highest BCUT2D eigenvalue weighted by molar-refractivity contribution is 7.17. The van der Waals surface area contributed by atoms with Crippen LogP contribution in [0.25, 0.3) is 16.0 Å². The smallest absolute Gasteiger partial charge is 0.346 e. The van der Waals surface area contributed by atoms with E-state index in [0.29, 0.717) is 30.3 Å². The lowest BCUT2D eigenvalue weighted by molar-refractivity contribution is -0.138. The maximum atomic E-state index is 12.1. The van der Waals surface area contributed by atoms with Crippen LogP contribution in [0.5, 0.6) is 0 Å². The Bertz CT molecular complexity index is 986. The van der Waals surface area contributed by atoms with Gasteiger partial charge in [-0.15, -0.1) is 11.3 Å². The summed E-state index contributed by atoms with van der Waals surface area (Å²) in [5, 5.41) is 19.3. The number of benzene rings is 1. The van der Waals surface area contributed by atoms with E-state index in [-0.39, 0.29) is 6.54 Å². The van der Waals surface area contributed by atoms with Crippen LogP contribution < -0.4 is 0 Å². The molecule has 1 aliphatic heterocycles. The number of aromatic carboxylic acids is 1. The van der Waals surface area contributed by atoms with Crippen molar-refractivity contribution < 1.29 is 19.8 Å². The molecule has 2 heterocycles. The van der Waals surface area contributed by atoms with Crippen molar-refractivity contribution in [3.05, 3.63) is 52.4 Å². The Balaban J connectivity index is 1.77. The van der Waals surface area contributed by atoms with Gasteiger partial charge < -0.3 is 10.2 Å². The van der Waals surface area contributed by atoms with Gasteiger partial charge in [0, 0.05) is 23.5 Å². The topological polar surface area (TPSA) is 77.8 Å². The van der Waals surface area contributed by atoms with Crippen molar-refractivity contribution in [1.82, 2.24) is 4.90 Å². The highest BCUT2D eigenvalue weighted by Gasteiger charge is 2.31. The van der Waals surface area contributed by atoms with E-state index in [0.717, 1.165) is 40.3 Å². The number of hydrogen-bond acceptors (Lipinski definition) is 4. The van der Waals surface area contributed by atoms with Gasteiger partial charge in [0.05, 0.1) is 6.54 Å². The van der Waals surface area contributed by atoms with Gasteiger partial charge in [-0.1, -0.05) is 50.1 Å². The van der Waals surface area contributed by atoms with Crippen LogP contribution in [0.2, 0.25) is 0 Å². The summed E-state index contributed by atoms with van der Waals surface area (Å²) in [6.45, 7) is 3.58. The van der Waals surface area contributed by atoms with Gasteiger partial charge in [-0.25, -0.2) is 4.79 Å². The lowest BCUT2D eigenvalue weighted by Crippen LogP contribution is -2.37. The molecule has 31 heavy (non-hydrogen) atoms. The molecule has 5 nitrogen and oxygen atoms in total. The van der Waals surface area contributed by atoms with E-state index >= 15 is 0 Å². The Morgan fingerprint density at radius 3 is 2.45 bits per heavy atom. The first-order valence-electron chi connectivity index (χ1n) is 11.0. The quantitative estimate of drug-likeness (QED) is 0.623. The molecule has 0 spiro atoms. The first-order valence-corrected chi connectivity index (χ1v) is 11.8. The van der Waals surface area contributed by atoms with Crippen LogP contribution >= 0.6 is 11.3 Å². The number of carboxylic acid groups (broad SMARTS) is 2. The largest absolute Gasteiger partial charge is 0.480 e. The molecule has 6 heteroatoms. The van der Waals surface area contributed by atoms with E-state index in [9.17, 15) is 19.8 Å². The van der Waals surface area contributed by atoms with E-state index in [1.807, 2.05) is 41.3 Å². The van der Waals surface area contributed by atoms with E-state index in [1.165, 1.54) is 29.8 Å². The Hall–Kier alpha value is -2.44. The Morgan fingerprint density at radius 1 is 1.10 bits per heavy atom. The first kappa shape index (κ1) is 21.8. The average molecular weight is 440 g/mol. The molecule has 0 bridgehead atoms. The fourth-order valence-electron chi connectivity index (χ4n) is 4.98. The summed E-state index contributed by atoms with van der Waals surface area (Å²) in [6.07, 6.45) is 5.23. The number of thiophene rings is 1. The SMILES string of the molecule is CC1CCC(C2=C(c3cc(-c4ccccc4)sc3C(=O)O)CCN(CC(=O)O)C2)CC1. The second-order valence-corrected chi connectivity index (χ2v) is 9.89. The molecular weight excluding hydrogens is 410 g/mol. The molecule has 0 amide bonds. The Kier molecular flexibility index (Phi) is 6.58. The van der Waals surface area contributed by atoms with Crippen molar-refractivity contribution >= 4 is 28.8 Å². The number of carboxylic acids is 2. The standard InChI is InChI=1S/C25H29NO4S/c1-16-7-9-17(10-8-16)21-14-26(15-23(27)28)12-11-19(21)20-13-22(31-24(20)25(29)30)18-5-3-2-4-6-18/h2-6,13,16-17H,7-12,14-15H2,1H3,(H,27,28)(H,29,30). The number of carbonyl (C=O) groups is 2. The number of nitrogens with zero attached hydrogens (tertiary/aromatic N) is 1. The minimum absolute atomic E-state index is 0.0323. The van der Waals surface area contributed by atoms with Crippen LogP contribution in [0.15, 0.2) is 42.0 Å². The highest BCUT2D eigenvalue weighted by atomic mass is 32.1. The molecule has 2 aromatic rings. The molecule has 0 atom stereocenters. The van der Waals surface area contributed by atoms with Crippen molar-refractivity contribution in [2.45, 2.75) is 39.0 Å². The lowest BCUT2D eigenvalue weighted by Gasteiger charge is -2.36. The van der Waals surface area contributed by atoms with Crippen LogP contribution in [0.3, 0.4) is 0 Å². The van der Waals surface area contributed by atoms with Crippen LogP contribution in [0.1, 0.15) is 54.3 Å². The maximum Gasteiger partial charge on any atom is 0.346 e. The summed E-state index contributed by atoms with van der Waals surface area (Å²) in [6, 6.07) is 11.9. The average Bonchev–Trinajstić information content (AvgIpc) is 3.20. The fraction of sp³-hybridized carbons (Fsp3) is 0.440. The zero-order valence-electron chi connectivity index (χ0n) is 17.8. The molecule has 4 rings (SSSR count). The van der Waals surface area contributed by atoms with Gasteiger partial charge in [-0.2, -0.15) is 0 Å². The molecule has 2 N–H and O–H groups in total. The second-order valence-electron chi connectivity index (χ2n) is 8.84. The molecule has 1 fully saturated rings. The summed E-state index contributed by atoms with van der Waals surface area (Å²) in [7, 11) is 0. The van der Waals surface area contributed by atoms with Gasteiger partial charge >= 0.3 is 11.9 Å². The molecular formula is C25H29NO4S. The number of rotatable bonds is 6. The van der Waals surface area contributed by atoms with Gasteiger partial charge in [0.25, 0.3) is 0 Å². The predicted octanol–water partition coefficient (Wildman–Crippen LogP) is 5.48. The third kappa shape index (κ3) is 4.91. The van der Waals surface area contributed by atoms with Crippen molar-refractivity contribution in [1.29, 1.82) is 0 Å². The molecule has 164 valence electrons. The third-order valence-corrected chi connectivity index (χ3v) is 7.81. The zero-order chi connectivity index (χ0) is 22.0. The van der Waals surface area contributed by atoms with Gasteiger partial charge in [-0.3, -0.25) is 9.69 Å². The molecule has 1 saturated carbocycles. The monoisotopic (exact) mass is 439 g/mol. The van der Waals surface area contributed by atoms with E-state index in [4.69, 9.17) is 0 Å². The van der Waals surface area contributed by atoms with Gasteiger partial charge in [0.2, 0.25) is 0 Å². The molecule has 1 aliphatic carbocycles. The summed E-state index contributed by atoms with van der Waals surface area (Å²) >= 11 is 1.33. The van der Waals surface area contributed by atoms with Gasteiger partial charge in [0.1, 0.15) is 4.88 Å². The lowest BCUT2D eigenvalue weighted by atomic mass is 9.75. The molecule has 0 unspecified atom stereocenters. The van der Waals surface area contributed by atoms with Crippen LogP contribution in [-0.4, -0.2) is 46.7 Å². The fourth-order valence-corrected chi connectivity index (χ4v) is 6.01. The van der Waals surface area contributed by atoms with E-state index in [2.05, 4.69) is 6.92 Å². The van der Waals surface area contributed by atoms with Crippen molar-refractivity contribution in [2.75, 3.05) is 19.6 Å². The summed E-state index contributed by atoms with van der Waals surface area (Å²) in [4.78, 5) is 26.8. The molecule has 0 saturated heterocycles.